The van der Waals surface area contributed by atoms with E-state index in [1.807, 2.05) is 24.3 Å². The van der Waals surface area contributed by atoms with Crippen LogP contribution >= 0.6 is 0 Å². The number of hydrogen-bond donors (Lipinski definition) is 1. The number of benzene rings is 2. The molecule has 0 aliphatic carbocycles. The molecule has 1 fully saturated rings. The molecule has 4 rings (SSSR count). The van der Waals surface area contributed by atoms with Crippen LogP contribution in [0.25, 0.3) is 11.5 Å². The molecule has 2 aromatic carbocycles. The van der Waals surface area contributed by atoms with E-state index >= 15 is 0 Å². The summed E-state index contributed by atoms with van der Waals surface area (Å²) in [5, 5.41) is 11.0. The Labute approximate surface area is 186 Å². The van der Waals surface area contributed by atoms with E-state index in [1.54, 1.807) is 19.2 Å². The molecule has 1 N–H and O–H groups in total. The number of nitrogens with zero attached hydrogens (tertiary/aromatic N) is 3. The normalized spacial score (nSPS) is 17.1. The minimum atomic E-state index is -3.69. The number of rotatable bonds is 6. The van der Waals surface area contributed by atoms with Crippen molar-refractivity contribution in [2.45, 2.75) is 30.6 Å². The Morgan fingerprint density at radius 2 is 1.91 bits per heavy atom. The predicted molar refractivity (Wildman–Crippen MR) is 118 cm³/mol. The number of methoxy groups -OCH3 is 1. The third-order valence-corrected chi connectivity index (χ3v) is 7.20. The Hall–Kier alpha value is -3.24. The van der Waals surface area contributed by atoms with Crippen LogP contribution in [-0.2, 0) is 14.8 Å². The van der Waals surface area contributed by atoms with Crippen molar-refractivity contribution in [1.82, 2.24) is 14.5 Å². The van der Waals surface area contributed by atoms with E-state index < -0.39 is 10.0 Å². The Morgan fingerprint density at radius 3 is 2.62 bits per heavy atom. The molecule has 9 nitrogen and oxygen atoms in total. The van der Waals surface area contributed by atoms with Crippen molar-refractivity contribution < 1.29 is 22.4 Å². The second-order valence-corrected chi connectivity index (χ2v) is 9.49. The van der Waals surface area contributed by atoms with Crippen LogP contribution in [0.2, 0.25) is 0 Å². The summed E-state index contributed by atoms with van der Waals surface area (Å²) in [5.41, 5.74) is 1.23. The zero-order valence-corrected chi connectivity index (χ0v) is 18.6. The molecule has 0 spiro atoms. The first kappa shape index (κ1) is 22.0. The van der Waals surface area contributed by atoms with Crippen LogP contribution in [0.4, 0.5) is 5.69 Å². The number of nitrogens with one attached hydrogen (secondary N) is 1. The van der Waals surface area contributed by atoms with E-state index in [9.17, 15) is 13.2 Å². The number of hydrogen-bond acceptors (Lipinski definition) is 7. The molecule has 1 saturated heterocycles. The van der Waals surface area contributed by atoms with Crippen LogP contribution in [0.15, 0.2) is 57.8 Å². The topological polar surface area (TPSA) is 115 Å². The highest BCUT2D eigenvalue weighted by Gasteiger charge is 2.33. The van der Waals surface area contributed by atoms with Gasteiger partial charge in [-0.05, 0) is 49.2 Å². The summed E-state index contributed by atoms with van der Waals surface area (Å²) in [6.45, 7) is 2.07. The third-order valence-electron chi connectivity index (χ3n) is 5.32. The number of piperidine rings is 1. The van der Waals surface area contributed by atoms with Crippen LogP contribution in [-0.4, -0.2) is 49.0 Å². The maximum atomic E-state index is 13.2. The molecule has 32 heavy (non-hydrogen) atoms. The van der Waals surface area contributed by atoms with Gasteiger partial charge in [0.05, 0.1) is 23.5 Å². The van der Waals surface area contributed by atoms with E-state index in [2.05, 4.69) is 15.5 Å². The molecule has 0 unspecified atom stereocenters. The number of ether oxygens (including phenoxy) is 1. The van der Waals surface area contributed by atoms with Crippen molar-refractivity contribution >= 4 is 21.6 Å². The van der Waals surface area contributed by atoms with E-state index in [0.29, 0.717) is 41.7 Å². The maximum Gasteiger partial charge on any atom is 0.251 e. The minimum absolute atomic E-state index is 0.174. The largest absolute Gasteiger partial charge is 0.496 e. The van der Waals surface area contributed by atoms with E-state index in [4.69, 9.17) is 9.15 Å². The van der Waals surface area contributed by atoms with Gasteiger partial charge in [-0.1, -0.05) is 12.1 Å². The summed E-state index contributed by atoms with van der Waals surface area (Å²) in [4.78, 5) is 11.4. The zero-order chi connectivity index (χ0) is 22.7. The van der Waals surface area contributed by atoms with Crippen LogP contribution in [0.1, 0.15) is 31.6 Å². The summed E-state index contributed by atoms with van der Waals surface area (Å²) in [5.74, 6) is 0.954. The van der Waals surface area contributed by atoms with Gasteiger partial charge in [0.1, 0.15) is 5.75 Å². The van der Waals surface area contributed by atoms with Gasteiger partial charge in [0, 0.05) is 25.7 Å². The monoisotopic (exact) mass is 456 g/mol. The van der Waals surface area contributed by atoms with E-state index in [0.717, 1.165) is 6.42 Å². The van der Waals surface area contributed by atoms with E-state index in [1.165, 1.54) is 23.4 Å². The van der Waals surface area contributed by atoms with Crippen LogP contribution < -0.4 is 10.1 Å². The molecule has 10 heteroatoms. The van der Waals surface area contributed by atoms with Crippen molar-refractivity contribution in [3.8, 4) is 17.2 Å². The summed E-state index contributed by atoms with van der Waals surface area (Å²) in [7, 11) is -2.12. The molecular formula is C22H24N4O5S. The summed E-state index contributed by atoms with van der Waals surface area (Å²) in [6, 6.07) is 13.5. The second-order valence-electron chi connectivity index (χ2n) is 7.55. The van der Waals surface area contributed by atoms with Crippen LogP contribution in [0.3, 0.4) is 0 Å². The van der Waals surface area contributed by atoms with Crippen molar-refractivity contribution in [3.05, 3.63) is 54.4 Å². The Balaban J connectivity index is 1.52. The van der Waals surface area contributed by atoms with Gasteiger partial charge in [-0.2, -0.15) is 4.31 Å². The Morgan fingerprint density at radius 1 is 1.16 bits per heavy atom. The summed E-state index contributed by atoms with van der Waals surface area (Å²) >= 11 is 0. The standard InChI is InChI=1S/C22H24N4O5S/c1-15(27)23-17-9-11-18(12-10-17)32(28,29)26-13-5-6-16(14-26)21-24-25-22(31-21)19-7-3-4-8-20(19)30-2/h3-4,7-12,16H,5-6,13-14H2,1-2H3,(H,23,27)/t16-/m1/s1. The summed E-state index contributed by atoms with van der Waals surface area (Å²) < 4.78 is 39.0. The predicted octanol–water partition coefficient (Wildman–Crippen LogP) is 3.27. The molecule has 1 aliphatic heterocycles. The van der Waals surface area contributed by atoms with Crippen molar-refractivity contribution in [2.24, 2.45) is 0 Å². The van der Waals surface area contributed by atoms with Crippen molar-refractivity contribution in [1.29, 1.82) is 0 Å². The molecule has 0 bridgehead atoms. The average Bonchev–Trinajstić information content (AvgIpc) is 3.29. The highest BCUT2D eigenvalue weighted by Crippen LogP contribution is 2.33. The van der Waals surface area contributed by atoms with Gasteiger partial charge >= 0.3 is 0 Å². The first-order valence-corrected chi connectivity index (χ1v) is 11.7. The molecule has 3 aromatic rings. The molecule has 1 aromatic heterocycles. The molecule has 168 valence electrons. The molecular weight excluding hydrogens is 432 g/mol. The number of anilines is 1. The number of carbonyl (C=O) groups is 1. The average molecular weight is 457 g/mol. The molecule has 0 saturated carbocycles. The fourth-order valence-corrected chi connectivity index (χ4v) is 5.28. The molecule has 2 heterocycles. The highest BCUT2D eigenvalue weighted by atomic mass is 32.2. The lowest BCUT2D eigenvalue weighted by molar-refractivity contribution is -0.114. The molecule has 1 atom stereocenters. The number of sulfonamides is 1. The van der Waals surface area contributed by atoms with E-state index in [-0.39, 0.29) is 23.3 Å². The van der Waals surface area contributed by atoms with Crippen molar-refractivity contribution in [2.75, 3.05) is 25.5 Å². The van der Waals surface area contributed by atoms with Crippen LogP contribution in [0, 0.1) is 0 Å². The fourth-order valence-electron chi connectivity index (χ4n) is 3.75. The minimum Gasteiger partial charge on any atom is -0.496 e. The van der Waals surface area contributed by atoms with Gasteiger partial charge in [-0.3, -0.25) is 4.79 Å². The zero-order valence-electron chi connectivity index (χ0n) is 17.8. The SMILES string of the molecule is COc1ccccc1-c1nnc([C@@H]2CCCN(S(=O)(=O)c3ccc(NC(C)=O)cc3)C2)o1. The quantitative estimate of drug-likeness (QED) is 0.605. The molecule has 1 amide bonds. The Kier molecular flexibility index (Phi) is 6.24. The van der Waals surface area contributed by atoms with Gasteiger partial charge in [0.2, 0.25) is 21.8 Å². The van der Waals surface area contributed by atoms with Crippen molar-refractivity contribution in [3.63, 3.8) is 0 Å². The van der Waals surface area contributed by atoms with Gasteiger partial charge in [-0.25, -0.2) is 8.42 Å². The second kappa shape index (κ2) is 9.09. The number of carbonyl (C=O) groups excluding carboxylic acids is 1. The lowest BCUT2D eigenvalue weighted by atomic mass is 10.00. The first-order chi connectivity index (χ1) is 15.4. The lowest BCUT2D eigenvalue weighted by Gasteiger charge is -2.30. The lowest BCUT2D eigenvalue weighted by Crippen LogP contribution is -2.39. The number of aromatic nitrogens is 2. The fraction of sp³-hybridized carbons (Fsp3) is 0.318. The highest BCUT2D eigenvalue weighted by molar-refractivity contribution is 7.89. The van der Waals surface area contributed by atoms with Crippen LogP contribution in [0.5, 0.6) is 5.75 Å². The maximum absolute atomic E-state index is 13.2. The van der Waals surface area contributed by atoms with Gasteiger partial charge in [0.25, 0.3) is 5.89 Å². The summed E-state index contributed by atoms with van der Waals surface area (Å²) in [6.07, 6.45) is 1.43. The molecule has 0 radical (unpaired) electrons. The Bertz CT molecular complexity index is 1210. The first-order valence-electron chi connectivity index (χ1n) is 10.2. The number of amides is 1. The third kappa shape index (κ3) is 4.51. The van der Waals surface area contributed by atoms with Gasteiger partial charge in [0.15, 0.2) is 0 Å². The smallest absolute Gasteiger partial charge is 0.251 e. The number of para-hydroxylation sites is 1. The molecule has 1 aliphatic rings. The van der Waals surface area contributed by atoms with Gasteiger partial charge < -0.3 is 14.5 Å². The van der Waals surface area contributed by atoms with Gasteiger partial charge in [-0.15, -0.1) is 10.2 Å².